The van der Waals surface area contributed by atoms with E-state index in [2.05, 4.69) is 39.4 Å². The number of phenols is 1. The molecule has 0 fully saturated rings. The van der Waals surface area contributed by atoms with Crippen LogP contribution in [0.25, 0.3) is 11.2 Å². The third-order valence-corrected chi connectivity index (χ3v) is 4.46. The summed E-state index contributed by atoms with van der Waals surface area (Å²) >= 11 is 0. The summed E-state index contributed by atoms with van der Waals surface area (Å²) in [7, 11) is 0. The summed E-state index contributed by atoms with van der Waals surface area (Å²) in [5.74, 6) is 1.25. The van der Waals surface area contributed by atoms with Crippen molar-refractivity contribution in [1.29, 1.82) is 0 Å². The standard InChI is InChI=1S/C19H26N6O2/c1-4-14(10-26)22-19-23-17(20-9-13-7-5-6-8-15(13)27)16-18(24-19)25(11-21-16)12(2)3/h5-8,11-12,14,26-27H,4,9-10H2,1-3H3,(H2,20,22,23,24)/t14-/m0/s1. The fourth-order valence-electron chi connectivity index (χ4n) is 2.78. The highest BCUT2D eigenvalue weighted by atomic mass is 16.3. The minimum Gasteiger partial charge on any atom is -0.508 e. The molecule has 0 aliphatic rings. The Labute approximate surface area is 158 Å². The summed E-state index contributed by atoms with van der Waals surface area (Å²) in [5.41, 5.74) is 2.15. The maximum Gasteiger partial charge on any atom is 0.227 e. The molecular weight excluding hydrogens is 344 g/mol. The number of para-hydroxylation sites is 1. The van der Waals surface area contributed by atoms with E-state index >= 15 is 0 Å². The van der Waals surface area contributed by atoms with E-state index in [0.717, 1.165) is 17.6 Å². The molecule has 0 unspecified atom stereocenters. The molecule has 8 heteroatoms. The van der Waals surface area contributed by atoms with Gasteiger partial charge < -0.3 is 25.4 Å². The number of hydrogen-bond donors (Lipinski definition) is 4. The Morgan fingerprint density at radius 1 is 1.19 bits per heavy atom. The Kier molecular flexibility index (Phi) is 5.75. The number of aliphatic hydroxyl groups is 1. The van der Waals surface area contributed by atoms with Gasteiger partial charge >= 0.3 is 0 Å². The van der Waals surface area contributed by atoms with E-state index in [1.54, 1.807) is 18.5 Å². The number of anilines is 2. The zero-order valence-electron chi connectivity index (χ0n) is 15.8. The molecule has 0 aliphatic carbocycles. The number of aromatic hydroxyl groups is 1. The van der Waals surface area contributed by atoms with Gasteiger partial charge in [-0.3, -0.25) is 0 Å². The number of aromatic nitrogens is 4. The Morgan fingerprint density at radius 3 is 2.63 bits per heavy atom. The number of rotatable bonds is 8. The summed E-state index contributed by atoms with van der Waals surface area (Å²) in [6.07, 6.45) is 2.50. The molecule has 1 aromatic carbocycles. The van der Waals surface area contributed by atoms with E-state index in [1.807, 2.05) is 23.6 Å². The summed E-state index contributed by atoms with van der Waals surface area (Å²) < 4.78 is 1.98. The van der Waals surface area contributed by atoms with E-state index in [9.17, 15) is 10.2 Å². The van der Waals surface area contributed by atoms with Crippen LogP contribution in [0.1, 0.15) is 38.8 Å². The molecule has 0 aliphatic heterocycles. The van der Waals surface area contributed by atoms with E-state index in [1.165, 1.54) is 0 Å². The Hall–Kier alpha value is -2.87. The number of benzene rings is 1. The zero-order valence-corrected chi connectivity index (χ0v) is 15.8. The molecule has 27 heavy (non-hydrogen) atoms. The SMILES string of the molecule is CC[C@@H](CO)Nc1nc(NCc2ccccc2O)c2ncn(C(C)C)c2n1. The van der Waals surface area contributed by atoms with Gasteiger partial charge in [0.2, 0.25) is 5.95 Å². The lowest BCUT2D eigenvalue weighted by atomic mass is 10.2. The van der Waals surface area contributed by atoms with Crippen molar-refractivity contribution in [3.05, 3.63) is 36.2 Å². The second kappa shape index (κ2) is 8.22. The first-order valence-corrected chi connectivity index (χ1v) is 9.16. The van der Waals surface area contributed by atoms with Crippen molar-refractivity contribution in [2.75, 3.05) is 17.2 Å². The van der Waals surface area contributed by atoms with Crippen LogP contribution in [0.15, 0.2) is 30.6 Å². The predicted octanol–water partition coefficient (Wildman–Crippen LogP) is 2.91. The van der Waals surface area contributed by atoms with E-state index in [0.29, 0.717) is 23.8 Å². The lowest BCUT2D eigenvalue weighted by molar-refractivity contribution is 0.271. The van der Waals surface area contributed by atoms with Gasteiger partial charge in [-0.1, -0.05) is 25.1 Å². The van der Waals surface area contributed by atoms with Gasteiger partial charge in [-0.15, -0.1) is 0 Å². The first kappa shape index (κ1) is 18.9. The molecule has 1 atom stereocenters. The third kappa shape index (κ3) is 4.11. The van der Waals surface area contributed by atoms with Crippen LogP contribution in [0.4, 0.5) is 11.8 Å². The molecular formula is C19H26N6O2. The number of nitrogens with zero attached hydrogens (tertiary/aromatic N) is 4. The smallest absolute Gasteiger partial charge is 0.227 e. The molecule has 2 heterocycles. The van der Waals surface area contributed by atoms with Crippen LogP contribution in [-0.2, 0) is 6.54 Å². The van der Waals surface area contributed by atoms with Crippen LogP contribution in [0.2, 0.25) is 0 Å². The molecule has 3 rings (SSSR count). The highest BCUT2D eigenvalue weighted by Gasteiger charge is 2.16. The molecule has 0 bridgehead atoms. The number of aliphatic hydroxyl groups excluding tert-OH is 1. The van der Waals surface area contributed by atoms with Gasteiger partial charge in [0, 0.05) is 18.2 Å². The largest absolute Gasteiger partial charge is 0.508 e. The van der Waals surface area contributed by atoms with Gasteiger partial charge in [-0.25, -0.2) is 4.98 Å². The first-order chi connectivity index (χ1) is 13.0. The van der Waals surface area contributed by atoms with Crippen LogP contribution in [-0.4, -0.2) is 42.4 Å². The van der Waals surface area contributed by atoms with Crippen LogP contribution >= 0.6 is 0 Å². The third-order valence-electron chi connectivity index (χ3n) is 4.46. The number of nitrogens with one attached hydrogen (secondary N) is 2. The van der Waals surface area contributed by atoms with Crippen LogP contribution in [0.3, 0.4) is 0 Å². The topological polar surface area (TPSA) is 108 Å². The normalized spacial score (nSPS) is 12.5. The average Bonchev–Trinajstić information content (AvgIpc) is 3.09. The van der Waals surface area contributed by atoms with Crippen molar-refractivity contribution in [3.63, 3.8) is 0 Å². The molecule has 0 radical (unpaired) electrons. The van der Waals surface area contributed by atoms with Crippen molar-refractivity contribution in [1.82, 2.24) is 19.5 Å². The molecule has 4 N–H and O–H groups in total. The second-order valence-corrected chi connectivity index (χ2v) is 6.73. The van der Waals surface area contributed by atoms with Crippen LogP contribution in [0.5, 0.6) is 5.75 Å². The highest BCUT2D eigenvalue weighted by molar-refractivity contribution is 5.84. The fourth-order valence-corrected chi connectivity index (χ4v) is 2.78. The lowest BCUT2D eigenvalue weighted by Gasteiger charge is -2.16. The second-order valence-electron chi connectivity index (χ2n) is 6.73. The van der Waals surface area contributed by atoms with Gasteiger partial charge in [0.25, 0.3) is 0 Å². The van der Waals surface area contributed by atoms with Gasteiger partial charge in [-0.2, -0.15) is 9.97 Å². The summed E-state index contributed by atoms with van der Waals surface area (Å²) in [6, 6.07) is 7.24. The van der Waals surface area contributed by atoms with E-state index < -0.39 is 0 Å². The summed E-state index contributed by atoms with van der Waals surface area (Å²) in [5, 5.41) is 25.9. The fraction of sp³-hybridized carbons (Fsp3) is 0.421. The molecule has 0 saturated carbocycles. The van der Waals surface area contributed by atoms with E-state index in [4.69, 9.17) is 0 Å². The highest BCUT2D eigenvalue weighted by Crippen LogP contribution is 2.25. The monoisotopic (exact) mass is 370 g/mol. The number of hydrogen-bond acceptors (Lipinski definition) is 7. The van der Waals surface area contributed by atoms with Crippen LogP contribution < -0.4 is 10.6 Å². The average molecular weight is 370 g/mol. The van der Waals surface area contributed by atoms with Crippen LogP contribution in [0, 0.1) is 0 Å². The quantitative estimate of drug-likeness (QED) is 0.483. The lowest BCUT2D eigenvalue weighted by Crippen LogP contribution is -2.24. The van der Waals surface area contributed by atoms with Crippen molar-refractivity contribution in [3.8, 4) is 5.75 Å². The summed E-state index contributed by atoms with van der Waals surface area (Å²) in [6.45, 7) is 6.52. The van der Waals surface area contributed by atoms with Gasteiger partial charge in [-0.05, 0) is 26.3 Å². The molecule has 3 aromatic rings. The Balaban J connectivity index is 1.97. The van der Waals surface area contributed by atoms with Crippen molar-refractivity contribution in [2.45, 2.75) is 45.8 Å². The first-order valence-electron chi connectivity index (χ1n) is 9.16. The molecule has 0 amide bonds. The number of imidazole rings is 1. The molecule has 2 aromatic heterocycles. The number of fused-ring (bicyclic) bond motifs is 1. The maximum absolute atomic E-state index is 9.98. The van der Waals surface area contributed by atoms with Crippen molar-refractivity contribution < 1.29 is 10.2 Å². The molecule has 8 nitrogen and oxygen atoms in total. The maximum atomic E-state index is 9.98. The van der Waals surface area contributed by atoms with Crippen molar-refractivity contribution >= 4 is 22.9 Å². The Bertz CT molecular complexity index is 904. The minimum absolute atomic E-state index is 0.00197. The van der Waals surface area contributed by atoms with Gasteiger partial charge in [0.1, 0.15) is 5.75 Å². The molecule has 0 spiro atoms. The zero-order chi connectivity index (χ0) is 19.4. The van der Waals surface area contributed by atoms with Gasteiger partial charge in [0.15, 0.2) is 17.0 Å². The van der Waals surface area contributed by atoms with E-state index in [-0.39, 0.29) is 24.4 Å². The minimum atomic E-state index is -0.121. The Morgan fingerprint density at radius 2 is 1.96 bits per heavy atom. The molecule has 144 valence electrons. The molecule has 0 saturated heterocycles. The van der Waals surface area contributed by atoms with Gasteiger partial charge in [0.05, 0.1) is 19.0 Å². The summed E-state index contributed by atoms with van der Waals surface area (Å²) in [4.78, 5) is 13.6. The number of phenolic OH excluding ortho intramolecular Hbond substituents is 1. The van der Waals surface area contributed by atoms with Crippen molar-refractivity contribution in [2.24, 2.45) is 0 Å². The predicted molar refractivity (Wildman–Crippen MR) is 106 cm³/mol.